The molecule has 0 aliphatic heterocycles. The maximum Gasteiger partial charge on any atom is 0.326 e. The van der Waals surface area contributed by atoms with Crippen molar-refractivity contribution in [3.63, 3.8) is 0 Å². The van der Waals surface area contributed by atoms with Gasteiger partial charge in [-0.3, -0.25) is 24.0 Å². The van der Waals surface area contributed by atoms with Crippen LogP contribution in [0.4, 0.5) is 0 Å². The molecule has 1 aromatic heterocycles. The van der Waals surface area contributed by atoms with E-state index in [-0.39, 0.29) is 19.3 Å². The van der Waals surface area contributed by atoms with E-state index in [2.05, 4.69) is 20.9 Å². The van der Waals surface area contributed by atoms with Crippen LogP contribution in [0.3, 0.4) is 0 Å². The molecule has 4 atom stereocenters. The van der Waals surface area contributed by atoms with E-state index in [4.69, 9.17) is 17.2 Å². The highest BCUT2D eigenvalue weighted by Gasteiger charge is 2.31. The van der Waals surface area contributed by atoms with E-state index in [1.165, 1.54) is 0 Å². The molecule has 12 N–H and O–H groups in total. The standard InChI is InChI=1S/C23H31N7O8/c24-13(7-11-9-27-14-4-2-1-3-12(11)14)20(34)30-17(10-31)22(36)28-15(5-6-18(25)32)21(35)29-16(23(37)38)8-19(26)33/h1-4,9,13,15-17,27,31H,5-8,10,24H2,(H2,25,32)(H2,26,33)(H,28,36)(H,29,35)(H,30,34)(H,37,38). The average Bonchev–Trinajstić information content (AvgIpc) is 3.26. The van der Waals surface area contributed by atoms with Crippen molar-refractivity contribution in [2.24, 2.45) is 17.2 Å². The summed E-state index contributed by atoms with van der Waals surface area (Å²) in [5, 5.41) is 26.4. The van der Waals surface area contributed by atoms with Crippen molar-refractivity contribution < 1.29 is 39.0 Å². The Balaban J connectivity index is 2.07. The summed E-state index contributed by atoms with van der Waals surface area (Å²) in [5.41, 5.74) is 17.7. The van der Waals surface area contributed by atoms with Crippen molar-refractivity contribution in [2.45, 2.75) is 49.9 Å². The lowest BCUT2D eigenvalue weighted by Gasteiger charge is -2.24. The zero-order valence-electron chi connectivity index (χ0n) is 20.3. The topological polar surface area (TPSA) is 273 Å². The maximum atomic E-state index is 12.8. The minimum Gasteiger partial charge on any atom is -0.480 e. The van der Waals surface area contributed by atoms with Crippen LogP contribution in [0, 0.1) is 0 Å². The van der Waals surface area contributed by atoms with Gasteiger partial charge in [-0.2, -0.15) is 0 Å². The number of primary amides is 2. The van der Waals surface area contributed by atoms with Gasteiger partial charge in [0.2, 0.25) is 29.5 Å². The normalized spacial score (nSPS) is 14.1. The van der Waals surface area contributed by atoms with Gasteiger partial charge in [0.05, 0.1) is 19.1 Å². The molecule has 0 aliphatic rings. The van der Waals surface area contributed by atoms with E-state index in [1.807, 2.05) is 24.3 Å². The summed E-state index contributed by atoms with van der Waals surface area (Å²) in [5.74, 6) is -6.17. The Morgan fingerprint density at radius 2 is 1.47 bits per heavy atom. The lowest BCUT2D eigenvalue weighted by molar-refractivity contribution is -0.144. The highest BCUT2D eigenvalue weighted by Crippen LogP contribution is 2.18. The molecule has 0 fully saturated rings. The minimum atomic E-state index is -1.69. The monoisotopic (exact) mass is 533 g/mol. The third kappa shape index (κ3) is 8.56. The van der Waals surface area contributed by atoms with Gasteiger partial charge in [-0.25, -0.2) is 4.79 Å². The Morgan fingerprint density at radius 1 is 0.868 bits per heavy atom. The fraction of sp³-hybridized carbons (Fsp3) is 0.391. The number of aliphatic hydroxyl groups is 1. The van der Waals surface area contributed by atoms with Crippen LogP contribution in [0.2, 0.25) is 0 Å². The Morgan fingerprint density at radius 3 is 2.08 bits per heavy atom. The Labute approximate surface area is 216 Å². The number of fused-ring (bicyclic) bond motifs is 1. The molecular formula is C23H31N7O8. The number of nitrogens with two attached hydrogens (primary N) is 3. The number of aliphatic carboxylic acids is 1. The van der Waals surface area contributed by atoms with Crippen LogP contribution in [0.15, 0.2) is 30.5 Å². The number of aromatic nitrogens is 1. The van der Waals surface area contributed by atoms with Crippen molar-refractivity contribution in [1.29, 1.82) is 0 Å². The summed E-state index contributed by atoms with van der Waals surface area (Å²) < 4.78 is 0. The quantitative estimate of drug-likeness (QED) is 0.111. The molecule has 0 saturated carbocycles. The first-order valence-corrected chi connectivity index (χ1v) is 11.5. The fourth-order valence-corrected chi connectivity index (χ4v) is 3.60. The Hall–Kier alpha value is -4.50. The number of benzene rings is 1. The number of para-hydroxylation sites is 1. The molecule has 206 valence electrons. The van der Waals surface area contributed by atoms with Gasteiger partial charge < -0.3 is 48.3 Å². The predicted molar refractivity (Wildman–Crippen MR) is 133 cm³/mol. The molecule has 1 aromatic carbocycles. The highest BCUT2D eigenvalue weighted by atomic mass is 16.4. The maximum absolute atomic E-state index is 12.8. The first-order chi connectivity index (χ1) is 17.9. The second-order valence-electron chi connectivity index (χ2n) is 8.55. The summed E-state index contributed by atoms with van der Waals surface area (Å²) in [7, 11) is 0. The van der Waals surface area contributed by atoms with Crippen LogP contribution < -0.4 is 33.2 Å². The first kappa shape index (κ1) is 29.7. The molecule has 0 aliphatic carbocycles. The molecule has 2 rings (SSSR count). The molecule has 4 unspecified atom stereocenters. The summed E-state index contributed by atoms with van der Waals surface area (Å²) in [6.45, 7) is -0.860. The van der Waals surface area contributed by atoms with Crippen LogP contribution in [-0.4, -0.2) is 81.5 Å². The summed E-state index contributed by atoms with van der Waals surface area (Å²) in [4.78, 5) is 74.8. The molecule has 0 saturated heterocycles. The molecular weight excluding hydrogens is 502 g/mol. The molecule has 1 heterocycles. The van der Waals surface area contributed by atoms with E-state index in [1.54, 1.807) is 6.20 Å². The van der Waals surface area contributed by atoms with Crippen LogP contribution in [0.1, 0.15) is 24.8 Å². The number of H-pyrrole nitrogens is 1. The average molecular weight is 534 g/mol. The van der Waals surface area contributed by atoms with Gasteiger partial charge in [-0.1, -0.05) is 18.2 Å². The highest BCUT2D eigenvalue weighted by molar-refractivity contribution is 5.95. The number of hydrogen-bond acceptors (Lipinski definition) is 8. The first-order valence-electron chi connectivity index (χ1n) is 11.5. The Bertz CT molecular complexity index is 1200. The summed E-state index contributed by atoms with van der Waals surface area (Å²) in [6, 6.07) is 1.58. The number of aliphatic hydroxyl groups excluding tert-OH is 1. The third-order valence-corrected chi connectivity index (χ3v) is 5.60. The van der Waals surface area contributed by atoms with Crippen molar-refractivity contribution in [2.75, 3.05) is 6.61 Å². The van der Waals surface area contributed by atoms with Crippen LogP contribution >= 0.6 is 0 Å². The third-order valence-electron chi connectivity index (χ3n) is 5.60. The second-order valence-corrected chi connectivity index (χ2v) is 8.55. The molecule has 15 heteroatoms. The number of carboxylic acids is 1. The Kier molecular flexibility index (Phi) is 10.7. The smallest absolute Gasteiger partial charge is 0.326 e. The van der Waals surface area contributed by atoms with E-state index >= 15 is 0 Å². The molecule has 0 radical (unpaired) electrons. The van der Waals surface area contributed by atoms with Crippen molar-refractivity contribution in [3.05, 3.63) is 36.0 Å². The molecule has 5 amide bonds. The van der Waals surface area contributed by atoms with Gasteiger partial charge in [0.25, 0.3) is 0 Å². The lowest BCUT2D eigenvalue weighted by Crippen LogP contribution is -2.58. The largest absolute Gasteiger partial charge is 0.480 e. The van der Waals surface area contributed by atoms with Gasteiger partial charge in [0.15, 0.2) is 0 Å². The molecule has 0 bridgehead atoms. The van der Waals surface area contributed by atoms with E-state index in [9.17, 15) is 39.0 Å². The fourth-order valence-electron chi connectivity index (χ4n) is 3.60. The second kappa shape index (κ2) is 13.7. The number of hydrogen-bond donors (Lipinski definition) is 9. The number of carbonyl (C=O) groups is 6. The van der Waals surface area contributed by atoms with Crippen molar-refractivity contribution >= 4 is 46.4 Å². The van der Waals surface area contributed by atoms with E-state index in [0.29, 0.717) is 0 Å². The van der Waals surface area contributed by atoms with E-state index in [0.717, 1.165) is 16.5 Å². The number of carboxylic acid groups (broad SMARTS) is 1. The van der Waals surface area contributed by atoms with Crippen LogP contribution in [0.25, 0.3) is 10.9 Å². The van der Waals surface area contributed by atoms with Gasteiger partial charge in [-0.15, -0.1) is 0 Å². The summed E-state index contributed by atoms with van der Waals surface area (Å²) in [6.07, 6.45) is 0.412. The molecule has 38 heavy (non-hydrogen) atoms. The zero-order chi connectivity index (χ0) is 28.4. The minimum absolute atomic E-state index is 0.121. The van der Waals surface area contributed by atoms with Crippen LogP contribution in [0.5, 0.6) is 0 Å². The molecule has 15 nitrogen and oxygen atoms in total. The van der Waals surface area contributed by atoms with Gasteiger partial charge in [0.1, 0.15) is 18.1 Å². The molecule has 0 spiro atoms. The van der Waals surface area contributed by atoms with Gasteiger partial charge in [0, 0.05) is 23.5 Å². The number of amides is 5. The number of rotatable bonds is 15. The SMILES string of the molecule is NC(=O)CCC(NC(=O)C(CO)NC(=O)C(N)Cc1c[nH]c2ccccc12)C(=O)NC(CC(N)=O)C(=O)O. The van der Waals surface area contributed by atoms with Crippen molar-refractivity contribution in [1.82, 2.24) is 20.9 Å². The lowest BCUT2D eigenvalue weighted by atomic mass is 10.0. The number of aromatic amines is 1. The zero-order valence-corrected chi connectivity index (χ0v) is 20.3. The van der Waals surface area contributed by atoms with Gasteiger partial charge in [-0.05, 0) is 24.5 Å². The van der Waals surface area contributed by atoms with Crippen molar-refractivity contribution in [3.8, 4) is 0 Å². The number of carbonyl (C=O) groups excluding carboxylic acids is 5. The van der Waals surface area contributed by atoms with Crippen LogP contribution in [-0.2, 0) is 35.2 Å². The number of nitrogens with one attached hydrogen (secondary N) is 4. The van der Waals surface area contributed by atoms with E-state index < -0.39 is 72.7 Å². The van der Waals surface area contributed by atoms with Gasteiger partial charge >= 0.3 is 5.97 Å². The molecule has 2 aromatic rings. The summed E-state index contributed by atoms with van der Waals surface area (Å²) >= 11 is 0. The predicted octanol–water partition coefficient (Wildman–Crippen LogP) is -3.29.